The van der Waals surface area contributed by atoms with E-state index < -0.39 is 0 Å². The topological polar surface area (TPSA) is 27.1 Å². The fourth-order valence-electron chi connectivity index (χ4n) is 3.53. The quantitative estimate of drug-likeness (QED) is 0.405. The van der Waals surface area contributed by atoms with Gasteiger partial charge in [0.25, 0.3) is 0 Å². The van der Waals surface area contributed by atoms with Crippen LogP contribution in [0.4, 0.5) is 0 Å². The maximum atomic E-state index is 6.38. The fourth-order valence-corrected chi connectivity index (χ4v) is 3.73. The Hall–Kier alpha value is -2.78. The standard InChI is InChI=1S/C24H23ClN2O/c1-17-11-12-23(18(2)15-17)28-14-13-27-22-10-6-5-9-21(22)26-24(27)16-19-7-3-4-8-20(19)25/h3-12,15H,13-14,16H2,1-2H3. The first-order chi connectivity index (χ1) is 13.6. The summed E-state index contributed by atoms with van der Waals surface area (Å²) in [5, 5.41) is 0.771. The van der Waals surface area contributed by atoms with Gasteiger partial charge in [-0.3, -0.25) is 0 Å². The summed E-state index contributed by atoms with van der Waals surface area (Å²) < 4.78 is 8.31. The molecule has 0 radical (unpaired) electrons. The Bertz CT molecular complexity index is 1120. The van der Waals surface area contributed by atoms with Crippen LogP contribution in [0.2, 0.25) is 5.02 Å². The van der Waals surface area contributed by atoms with Crippen molar-refractivity contribution in [2.45, 2.75) is 26.8 Å². The van der Waals surface area contributed by atoms with E-state index in [0.29, 0.717) is 13.0 Å². The molecule has 0 bridgehead atoms. The second kappa shape index (κ2) is 8.07. The molecular weight excluding hydrogens is 368 g/mol. The molecule has 0 fully saturated rings. The molecule has 0 spiro atoms. The van der Waals surface area contributed by atoms with E-state index in [0.717, 1.165) is 45.3 Å². The third-order valence-corrected chi connectivity index (χ3v) is 5.31. The van der Waals surface area contributed by atoms with Crippen molar-refractivity contribution in [3.8, 4) is 5.75 Å². The van der Waals surface area contributed by atoms with Gasteiger partial charge in [0.15, 0.2) is 0 Å². The van der Waals surface area contributed by atoms with Gasteiger partial charge in [-0.15, -0.1) is 0 Å². The molecule has 0 saturated carbocycles. The predicted molar refractivity (Wildman–Crippen MR) is 115 cm³/mol. The summed E-state index contributed by atoms with van der Waals surface area (Å²) in [6.07, 6.45) is 0.692. The first-order valence-corrected chi connectivity index (χ1v) is 9.87. The third-order valence-electron chi connectivity index (χ3n) is 4.94. The lowest BCUT2D eigenvalue weighted by Gasteiger charge is -2.13. The number of rotatable bonds is 6. The van der Waals surface area contributed by atoms with Crippen LogP contribution in [-0.4, -0.2) is 16.2 Å². The zero-order valence-electron chi connectivity index (χ0n) is 16.2. The fraction of sp³-hybridized carbons (Fsp3) is 0.208. The molecule has 4 rings (SSSR count). The van der Waals surface area contributed by atoms with Crippen LogP contribution in [0.15, 0.2) is 66.7 Å². The van der Waals surface area contributed by atoms with Crippen LogP contribution in [0.1, 0.15) is 22.5 Å². The molecule has 0 aliphatic rings. The Morgan fingerprint density at radius 2 is 1.75 bits per heavy atom. The Kier molecular flexibility index (Phi) is 5.36. The second-order valence-electron chi connectivity index (χ2n) is 7.05. The summed E-state index contributed by atoms with van der Waals surface area (Å²) >= 11 is 6.38. The molecule has 0 N–H and O–H groups in total. The molecule has 3 nitrogen and oxygen atoms in total. The highest BCUT2D eigenvalue weighted by molar-refractivity contribution is 6.31. The summed E-state index contributed by atoms with van der Waals surface area (Å²) in [5.74, 6) is 1.93. The molecule has 0 aliphatic carbocycles. The van der Waals surface area contributed by atoms with Gasteiger partial charge in [-0.2, -0.15) is 0 Å². The molecule has 28 heavy (non-hydrogen) atoms. The number of hydrogen-bond donors (Lipinski definition) is 0. The summed E-state index contributed by atoms with van der Waals surface area (Å²) in [5.41, 5.74) is 5.60. The lowest BCUT2D eigenvalue weighted by atomic mass is 10.1. The van der Waals surface area contributed by atoms with E-state index in [-0.39, 0.29) is 0 Å². The monoisotopic (exact) mass is 390 g/mol. The first-order valence-electron chi connectivity index (χ1n) is 9.49. The number of halogens is 1. The molecule has 142 valence electrons. The van der Waals surface area contributed by atoms with Crippen LogP contribution < -0.4 is 4.74 Å². The van der Waals surface area contributed by atoms with E-state index in [4.69, 9.17) is 21.3 Å². The number of fused-ring (bicyclic) bond motifs is 1. The van der Waals surface area contributed by atoms with Crippen LogP contribution in [0, 0.1) is 13.8 Å². The Balaban J connectivity index is 1.59. The summed E-state index contributed by atoms with van der Waals surface area (Å²) in [4.78, 5) is 4.85. The summed E-state index contributed by atoms with van der Waals surface area (Å²) in [6, 6.07) is 22.4. The molecule has 1 aromatic heterocycles. The Morgan fingerprint density at radius 3 is 2.57 bits per heavy atom. The molecule has 0 atom stereocenters. The van der Waals surface area contributed by atoms with Gasteiger partial charge in [0, 0.05) is 11.4 Å². The van der Waals surface area contributed by atoms with E-state index in [9.17, 15) is 0 Å². The maximum Gasteiger partial charge on any atom is 0.122 e. The lowest BCUT2D eigenvalue weighted by molar-refractivity contribution is 0.296. The number of aryl methyl sites for hydroxylation is 2. The zero-order chi connectivity index (χ0) is 19.5. The van der Waals surface area contributed by atoms with Crippen molar-refractivity contribution in [1.82, 2.24) is 9.55 Å². The predicted octanol–water partition coefficient (Wildman–Crippen LogP) is 5.98. The number of benzene rings is 3. The highest BCUT2D eigenvalue weighted by Gasteiger charge is 2.12. The number of aromatic nitrogens is 2. The van der Waals surface area contributed by atoms with Crippen LogP contribution in [0.5, 0.6) is 5.75 Å². The molecule has 3 aromatic carbocycles. The highest BCUT2D eigenvalue weighted by atomic mass is 35.5. The number of para-hydroxylation sites is 2. The van der Waals surface area contributed by atoms with Crippen LogP contribution >= 0.6 is 11.6 Å². The van der Waals surface area contributed by atoms with Gasteiger partial charge in [0.05, 0.1) is 17.6 Å². The molecule has 0 saturated heterocycles. The number of imidazole rings is 1. The minimum atomic E-state index is 0.583. The van der Waals surface area contributed by atoms with Gasteiger partial charge in [0.2, 0.25) is 0 Å². The molecule has 4 aromatic rings. The highest BCUT2D eigenvalue weighted by Crippen LogP contribution is 2.23. The summed E-state index contributed by atoms with van der Waals surface area (Å²) in [6.45, 7) is 5.49. The second-order valence-corrected chi connectivity index (χ2v) is 7.46. The van der Waals surface area contributed by atoms with Crippen molar-refractivity contribution in [1.29, 1.82) is 0 Å². The van der Waals surface area contributed by atoms with Gasteiger partial charge in [0.1, 0.15) is 18.2 Å². The Morgan fingerprint density at radius 1 is 0.964 bits per heavy atom. The molecular formula is C24H23ClN2O. The van der Waals surface area contributed by atoms with E-state index in [1.165, 1.54) is 5.56 Å². The lowest BCUT2D eigenvalue weighted by Crippen LogP contribution is -2.12. The van der Waals surface area contributed by atoms with Gasteiger partial charge >= 0.3 is 0 Å². The molecule has 0 unspecified atom stereocenters. The minimum Gasteiger partial charge on any atom is -0.491 e. The van der Waals surface area contributed by atoms with Crippen LogP contribution in [0.3, 0.4) is 0 Å². The van der Waals surface area contributed by atoms with Crippen molar-refractivity contribution in [3.05, 3.63) is 94.3 Å². The average molecular weight is 391 g/mol. The van der Waals surface area contributed by atoms with Crippen molar-refractivity contribution >= 4 is 22.6 Å². The average Bonchev–Trinajstić information content (AvgIpc) is 3.03. The molecule has 0 amide bonds. The van der Waals surface area contributed by atoms with Crippen molar-refractivity contribution < 1.29 is 4.74 Å². The van der Waals surface area contributed by atoms with E-state index >= 15 is 0 Å². The SMILES string of the molecule is Cc1ccc(OCCn2c(Cc3ccccc3Cl)nc3ccccc32)c(C)c1. The molecule has 0 aliphatic heterocycles. The van der Waals surface area contributed by atoms with Gasteiger partial charge in [-0.05, 0) is 49.2 Å². The van der Waals surface area contributed by atoms with E-state index in [2.05, 4.69) is 42.7 Å². The minimum absolute atomic E-state index is 0.583. The van der Waals surface area contributed by atoms with Gasteiger partial charge in [-0.1, -0.05) is 59.6 Å². The first kappa shape index (κ1) is 18.6. The Labute approximate surface area is 170 Å². The number of nitrogens with zero attached hydrogens (tertiary/aromatic N) is 2. The zero-order valence-corrected chi connectivity index (χ0v) is 16.9. The normalized spacial score (nSPS) is 11.1. The number of ether oxygens (including phenoxy) is 1. The van der Waals surface area contributed by atoms with Crippen LogP contribution in [-0.2, 0) is 13.0 Å². The van der Waals surface area contributed by atoms with Gasteiger partial charge in [-0.25, -0.2) is 4.98 Å². The molecule has 4 heteroatoms. The largest absolute Gasteiger partial charge is 0.491 e. The van der Waals surface area contributed by atoms with Crippen molar-refractivity contribution in [3.63, 3.8) is 0 Å². The van der Waals surface area contributed by atoms with Gasteiger partial charge < -0.3 is 9.30 Å². The van der Waals surface area contributed by atoms with Crippen LogP contribution in [0.25, 0.3) is 11.0 Å². The molecule has 1 heterocycles. The summed E-state index contributed by atoms with van der Waals surface area (Å²) in [7, 11) is 0. The van der Waals surface area contributed by atoms with E-state index in [1.54, 1.807) is 0 Å². The van der Waals surface area contributed by atoms with Crippen molar-refractivity contribution in [2.24, 2.45) is 0 Å². The maximum absolute atomic E-state index is 6.38. The smallest absolute Gasteiger partial charge is 0.122 e. The number of hydrogen-bond acceptors (Lipinski definition) is 2. The van der Waals surface area contributed by atoms with E-state index in [1.807, 2.05) is 42.5 Å². The van der Waals surface area contributed by atoms with Crippen molar-refractivity contribution in [2.75, 3.05) is 6.61 Å². The third kappa shape index (κ3) is 3.90.